The highest BCUT2D eigenvalue weighted by Crippen LogP contribution is 2.56. The van der Waals surface area contributed by atoms with Gasteiger partial charge in [0.15, 0.2) is 8.07 Å². The van der Waals surface area contributed by atoms with E-state index >= 15 is 0 Å². The number of thiophene rings is 1. The number of hydrogen-bond acceptors (Lipinski definition) is 3. The number of rotatable bonds is 12. The van der Waals surface area contributed by atoms with Crippen LogP contribution in [0.5, 0.6) is 0 Å². The van der Waals surface area contributed by atoms with Crippen LogP contribution in [0.4, 0.5) is 34.1 Å². The molecule has 6 heteroatoms. The van der Waals surface area contributed by atoms with Crippen molar-refractivity contribution in [3.8, 4) is 61.3 Å². The molecule has 0 fully saturated rings. The number of fused-ring (bicyclic) bond motifs is 10. The van der Waals surface area contributed by atoms with Gasteiger partial charge >= 0.3 is 0 Å². The summed E-state index contributed by atoms with van der Waals surface area (Å²) in [4.78, 5) is 5.09. The zero-order valence-corrected chi connectivity index (χ0v) is 67.2. The molecule has 20 rings (SSSR count). The summed E-state index contributed by atoms with van der Waals surface area (Å²) >= 11 is 1.84. The molecule has 0 spiro atoms. The minimum Gasteiger partial charge on any atom is -0.310 e. The van der Waals surface area contributed by atoms with E-state index in [9.17, 15) is 8.22 Å². The fraction of sp³-hybridized carbons (Fsp3) is 0.111. The molecule has 18 aromatic rings. The highest BCUT2D eigenvalue weighted by atomic mass is 32.1. The van der Waals surface area contributed by atoms with Gasteiger partial charge in [0.1, 0.15) is 0 Å². The van der Waals surface area contributed by atoms with Crippen LogP contribution in [0, 0.1) is 0 Å². The Morgan fingerprint density at radius 2 is 0.702 bits per heavy atom. The van der Waals surface area contributed by atoms with Gasteiger partial charge in [-0.3, -0.25) is 0 Å². The predicted molar refractivity (Wildman–Crippen MR) is 495 cm³/mol. The Morgan fingerprint density at radius 3 is 1.18 bits per heavy atom. The Kier molecular flexibility index (Phi) is 14.9. The molecule has 2 aliphatic heterocycles. The van der Waals surface area contributed by atoms with Crippen LogP contribution in [-0.2, 0) is 16.2 Å². The van der Waals surface area contributed by atoms with Crippen molar-refractivity contribution in [3.05, 3.63) is 387 Å². The Hall–Kier alpha value is -12.6. The van der Waals surface area contributed by atoms with Crippen LogP contribution in [0.15, 0.2) is 370 Å². The first-order chi connectivity index (χ1) is 58.8. The van der Waals surface area contributed by atoms with Crippen molar-refractivity contribution >= 4 is 139 Å². The maximum Gasteiger partial charge on any atom is 0.252 e. The number of hydrogen-bond donors (Lipinski definition) is 0. The van der Waals surface area contributed by atoms with Crippen molar-refractivity contribution in [2.75, 3.05) is 9.80 Å². The molecule has 548 valence electrons. The second-order valence-electron chi connectivity index (χ2n) is 33.8. The molecule has 16 aromatic carbocycles. The molecule has 2 aliphatic rings. The van der Waals surface area contributed by atoms with E-state index in [4.69, 9.17) is 2.74 Å². The predicted octanol–water partition coefficient (Wildman–Crippen LogP) is 24.8. The summed E-state index contributed by atoms with van der Waals surface area (Å²) < 4.78 is 80.6. The maximum absolute atomic E-state index is 9.96. The lowest BCUT2D eigenvalue weighted by molar-refractivity contribution is 0.590. The first-order valence-electron chi connectivity index (χ1n) is 43.6. The van der Waals surface area contributed by atoms with Crippen LogP contribution in [0.3, 0.4) is 0 Å². The Bertz CT molecular complexity index is 7050. The molecule has 0 amide bonds. The minimum absolute atomic E-state index is 0.0109. The molecule has 4 heterocycles. The van der Waals surface area contributed by atoms with Gasteiger partial charge in [-0.25, -0.2) is 0 Å². The standard InChI is InChI=1S/C108H88BN3SSi/c1-106(2,3)77-63-88(72-34-16-10-17-35-72)104(89(64-77)73-36-18-11-19-37-73)111-97-60-54-76(71-52-56-83(57-53-71)114(81-42-24-14-25-43-81,82-44-26-15-27-45-82)84-58-61-102-92(70-84)87-48-30-33-51-101(87)113-102)62-94(97)109-93-59-55-80(110-95-49-31-28-46-85(95)86-47-29-32-50-96(86)110)69-98(93)112(100-68-79(108(7,8)9)67-99(111)103(100)109)105-90(74-38-20-12-21-39-74)65-78(107(4,5)6)66-91(105)75-40-22-13-23-41-75/h10-70H,1-9H3/i28D,29D,31D,32D,46D,47D,49D,50D. The number of para-hydroxylation sites is 2. The van der Waals surface area contributed by atoms with Crippen LogP contribution < -0.4 is 46.9 Å². The van der Waals surface area contributed by atoms with Crippen LogP contribution in [0.1, 0.15) is 90.0 Å². The van der Waals surface area contributed by atoms with E-state index < -0.39 is 56.5 Å². The van der Waals surface area contributed by atoms with Crippen LogP contribution in [0.25, 0.3) is 103 Å². The highest BCUT2D eigenvalue weighted by Gasteiger charge is 2.48. The Balaban J connectivity index is 0.935. The summed E-state index contributed by atoms with van der Waals surface area (Å²) in [5.41, 5.74) is 21.7. The minimum atomic E-state index is -3.13. The topological polar surface area (TPSA) is 11.4 Å². The number of nitrogens with zero attached hydrogens (tertiary/aromatic N) is 3. The molecule has 0 N–H and O–H groups in total. The second kappa shape index (κ2) is 27.4. The molecule has 0 radical (unpaired) electrons. The Labute approximate surface area is 686 Å². The summed E-state index contributed by atoms with van der Waals surface area (Å²) in [6.07, 6.45) is 0. The average molecular weight is 1510 g/mol. The van der Waals surface area contributed by atoms with Gasteiger partial charge in [-0.15, -0.1) is 11.3 Å². The van der Waals surface area contributed by atoms with Crippen molar-refractivity contribution in [2.24, 2.45) is 0 Å². The molecule has 0 saturated carbocycles. The first kappa shape index (κ1) is 62.0. The molecular formula is C108H88BN3SSi. The van der Waals surface area contributed by atoms with Crippen molar-refractivity contribution in [1.82, 2.24) is 4.57 Å². The molecule has 0 aliphatic carbocycles. The van der Waals surface area contributed by atoms with Gasteiger partial charge in [-0.1, -0.05) is 353 Å². The third kappa shape index (κ3) is 11.7. The Morgan fingerprint density at radius 1 is 0.298 bits per heavy atom. The summed E-state index contributed by atoms with van der Waals surface area (Å²) in [6, 6.07) is 115. The van der Waals surface area contributed by atoms with Gasteiger partial charge in [0, 0.05) is 81.6 Å². The van der Waals surface area contributed by atoms with E-state index in [1.54, 1.807) is 4.57 Å². The lowest BCUT2D eigenvalue weighted by Gasteiger charge is -2.47. The van der Waals surface area contributed by atoms with Gasteiger partial charge in [-0.2, -0.15) is 0 Å². The smallest absolute Gasteiger partial charge is 0.252 e. The number of benzene rings is 16. The SMILES string of the molecule is [2H]c1c([2H])c([2H])c2c(c1[2H])c1c([2H])c([2H])c([2H])c([2H])c1n2-c1ccc2c(c1)N(c1c(-c3ccccc3)cc(C(C)(C)C)cc1-c1ccccc1)c1cc(C(C)(C)C)cc3c1B2c1cc(-c2ccc([Si](c4ccccc4)(c4ccccc4)c4ccc5sc6ccccc6c5c4)cc2)ccc1N3c1c(-c2ccccc2)cc(C(C)(C)C)cc1-c1ccccc1. The highest BCUT2D eigenvalue weighted by molar-refractivity contribution is 7.26. The lowest BCUT2D eigenvalue weighted by Crippen LogP contribution is -2.74. The summed E-state index contributed by atoms with van der Waals surface area (Å²) in [6.45, 7) is 20.1. The summed E-state index contributed by atoms with van der Waals surface area (Å²) in [5, 5.41) is 7.67. The molecule has 0 unspecified atom stereocenters. The molecule has 0 atom stereocenters. The summed E-state index contributed by atoms with van der Waals surface area (Å²) in [7, 11) is -3.13. The third-order valence-corrected chi connectivity index (χ3v) is 29.7. The van der Waals surface area contributed by atoms with Gasteiger partial charge < -0.3 is 14.4 Å². The number of anilines is 6. The first-order valence-corrected chi connectivity index (χ1v) is 42.4. The van der Waals surface area contributed by atoms with Crippen molar-refractivity contribution in [3.63, 3.8) is 0 Å². The molecule has 0 saturated heterocycles. The lowest BCUT2D eigenvalue weighted by atomic mass is 9.33. The van der Waals surface area contributed by atoms with Crippen molar-refractivity contribution in [1.29, 1.82) is 0 Å². The monoisotopic (exact) mass is 1510 g/mol. The molecule has 0 bridgehead atoms. The molecule has 3 nitrogen and oxygen atoms in total. The van der Waals surface area contributed by atoms with Crippen LogP contribution in [0.2, 0.25) is 0 Å². The maximum atomic E-state index is 9.96. The van der Waals surface area contributed by atoms with E-state index in [0.29, 0.717) is 5.69 Å². The van der Waals surface area contributed by atoms with Gasteiger partial charge in [0.2, 0.25) is 0 Å². The molecule has 2 aromatic heterocycles. The molecular weight excluding hydrogens is 1410 g/mol. The normalized spacial score (nSPS) is 13.9. The molecule has 114 heavy (non-hydrogen) atoms. The quantitative estimate of drug-likeness (QED) is 0.0892. The van der Waals surface area contributed by atoms with Crippen LogP contribution in [-0.4, -0.2) is 19.4 Å². The van der Waals surface area contributed by atoms with E-state index in [1.165, 1.54) is 46.5 Å². The zero-order valence-electron chi connectivity index (χ0n) is 73.4. The second-order valence-corrected chi connectivity index (χ2v) is 38.6. The average Bonchev–Trinajstić information content (AvgIpc) is 0.936. The fourth-order valence-electron chi connectivity index (χ4n) is 18.1. The van der Waals surface area contributed by atoms with E-state index in [2.05, 4.69) is 388 Å². The fourth-order valence-corrected chi connectivity index (χ4v) is 23.9. The van der Waals surface area contributed by atoms with E-state index in [1.807, 2.05) is 17.4 Å². The zero-order chi connectivity index (χ0) is 84.3. The largest absolute Gasteiger partial charge is 0.310 e. The summed E-state index contributed by atoms with van der Waals surface area (Å²) in [5.74, 6) is 0. The van der Waals surface area contributed by atoms with Gasteiger partial charge in [-0.05, 0) is 182 Å². The van der Waals surface area contributed by atoms with Crippen molar-refractivity contribution in [2.45, 2.75) is 78.6 Å². The van der Waals surface area contributed by atoms with E-state index in [0.717, 1.165) is 117 Å². The van der Waals surface area contributed by atoms with E-state index in [-0.39, 0.29) is 44.7 Å². The van der Waals surface area contributed by atoms with Gasteiger partial charge in [0.05, 0.1) is 33.4 Å². The van der Waals surface area contributed by atoms with Gasteiger partial charge in [0.25, 0.3) is 6.71 Å². The third-order valence-electron chi connectivity index (χ3n) is 23.8. The van der Waals surface area contributed by atoms with Crippen LogP contribution >= 0.6 is 11.3 Å². The van der Waals surface area contributed by atoms with Crippen molar-refractivity contribution < 1.29 is 11.0 Å². The number of aromatic nitrogens is 1.